The van der Waals surface area contributed by atoms with E-state index >= 15 is 0 Å². The van der Waals surface area contributed by atoms with Crippen LogP contribution in [-0.2, 0) is 7.05 Å². The molecule has 3 rings (SSSR count). The lowest BCUT2D eigenvalue weighted by molar-refractivity contribution is 0.422. The molecule has 0 spiro atoms. The summed E-state index contributed by atoms with van der Waals surface area (Å²) < 4.78 is 7.13. The highest BCUT2D eigenvalue weighted by Gasteiger charge is 2.09. The number of ether oxygens (including phenoxy) is 1. The summed E-state index contributed by atoms with van der Waals surface area (Å²) in [5.74, 6) is 1.63. The molecule has 0 radical (unpaired) electrons. The summed E-state index contributed by atoms with van der Waals surface area (Å²) in [5.41, 5.74) is 0.911. The van der Waals surface area contributed by atoms with Gasteiger partial charge in [-0.2, -0.15) is 9.97 Å². The average Bonchev–Trinajstić information content (AvgIpc) is 2.93. The molecule has 0 aliphatic heterocycles. The van der Waals surface area contributed by atoms with Crippen LogP contribution in [0.3, 0.4) is 0 Å². The lowest BCUT2D eigenvalue weighted by Gasteiger charge is -2.07. The van der Waals surface area contributed by atoms with Crippen molar-refractivity contribution in [3.63, 3.8) is 0 Å². The monoisotopic (exact) mass is 282 g/mol. The van der Waals surface area contributed by atoms with Crippen LogP contribution in [0.4, 0.5) is 5.82 Å². The van der Waals surface area contributed by atoms with Crippen LogP contribution in [-0.4, -0.2) is 31.8 Å². The zero-order valence-electron chi connectivity index (χ0n) is 11.7. The number of hydrogen-bond donors (Lipinski definition) is 1. The molecule has 21 heavy (non-hydrogen) atoms. The molecule has 0 saturated heterocycles. The van der Waals surface area contributed by atoms with Crippen molar-refractivity contribution in [2.24, 2.45) is 7.05 Å². The number of hydrogen-bond acceptors (Lipinski definition) is 6. The van der Waals surface area contributed by atoms with Crippen LogP contribution in [0.1, 0.15) is 0 Å². The van der Waals surface area contributed by atoms with Gasteiger partial charge in [0.05, 0.1) is 0 Å². The molecular weight excluding hydrogens is 268 g/mol. The molecule has 7 nitrogen and oxygen atoms in total. The lowest BCUT2D eigenvalue weighted by Crippen LogP contribution is -2.00. The second kappa shape index (κ2) is 5.58. The molecule has 1 aromatic carbocycles. The summed E-state index contributed by atoms with van der Waals surface area (Å²) in [6.45, 7) is 0. The zero-order chi connectivity index (χ0) is 14.7. The Morgan fingerprint density at radius 2 is 1.95 bits per heavy atom. The van der Waals surface area contributed by atoms with Gasteiger partial charge in [-0.25, -0.2) is 4.98 Å². The molecule has 0 bridgehead atoms. The van der Waals surface area contributed by atoms with Gasteiger partial charge >= 0.3 is 6.01 Å². The maximum absolute atomic E-state index is 5.57. The molecule has 0 aliphatic rings. The van der Waals surface area contributed by atoms with Crippen molar-refractivity contribution < 1.29 is 4.74 Å². The standard InChI is InChI=1S/C14H14N6O/c1-15-11-8-12(21-14-16-9-20(2)19-14)18-13(17-11)10-6-4-3-5-7-10/h3-9H,1-2H3,(H,15,17,18). The fraction of sp³-hybridized carbons (Fsp3) is 0.143. The number of aryl methyl sites for hydroxylation is 1. The van der Waals surface area contributed by atoms with Crippen LogP contribution in [0.5, 0.6) is 11.9 Å². The van der Waals surface area contributed by atoms with Crippen molar-refractivity contribution in [1.29, 1.82) is 0 Å². The van der Waals surface area contributed by atoms with Crippen LogP contribution >= 0.6 is 0 Å². The third kappa shape index (κ3) is 2.97. The molecule has 1 N–H and O–H groups in total. The van der Waals surface area contributed by atoms with E-state index in [2.05, 4.69) is 25.4 Å². The third-order valence-corrected chi connectivity index (χ3v) is 2.77. The Kier molecular flexibility index (Phi) is 3.46. The topological polar surface area (TPSA) is 77.8 Å². The van der Waals surface area contributed by atoms with Gasteiger partial charge in [0.15, 0.2) is 5.82 Å². The predicted molar refractivity (Wildman–Crippen MR) is 78.1 cm³/mol. The van der Waals surface area contributed by atoms with Crippen molar-refractivity contribution in [3.05, 3.63) is 42.7 Å². The van der Waals surface area contributed by atoms with E-state index in [0.29, 0.717) is 17.5 Å². The predicted octanol–water partition coefficient (Wildman–Crippen LogP) is 2.11. The van der Waals surface area contributed by atoms with E-state index in [-0.39, 0.29) is 6.01 Å². The summed E-state index contributed by atoms with van der Waals surface area (Å²) in [7, 11) is 3.56. The van der Waals surface area contributed by atoms with E-state index in [1.54, 1.807) is 31.2 Å². The summed E-state index contributed by atoms with van der Waals surface area (Å²) in [4.78, 5) is 12.8. The minimum Gasteiger partial charge on any atom is -0.404 e. The van der Waals surface area contributed by atoms with Crippen LogP contribution < -0.4 is 10.1 Å². The second-order valence-corrected chi connectivity index (χ2v) is 4.33. The average molecular weight is 282 g/mol. The third-order valence-electron chi connectivity index (χ3n) is 2.77. The van der Waals surface area contributed by atoms with E-state index in [0.717, 1.165) is 5.56 Å². The van der Waals surface area contributed by atoms with Crippen LogP contribution in [0.2, 0.25) is 0 Å². The Balaban J connectivity index is 1.97. The fourth-order valence-electron chi connectivity index (χ4n) is 1.78. The highest BCUT2D eigenvalue weighted by Crippen LogP contribution is 2.23. The number of benzene rings is 1. The minimum absolute atomic E-state index is 0.247. The molecule has 106 valence electrons. The van der Waals surface area contributed by atoms with E-state index in [1.165, 1.54) is 0 Å². The molecule has 0 amide bonds. The first-order valence-electron chi connectivity index (χ1n) is 6.40. The highest BCUT2D eigenvalue weighted by atomic mass is 16.5. The van der Waals surface area contributed by atoms with E-state index in [4.69, 9.17) is 4.74 Å². The summed E-state index contributed by atoms with van der Waals surface area (Å²) >= 11 is 0. The Morgan fingerprint density at radius 3 is 2.62 bits per heavy atom. The Hall–Kier alpha value is -2.96. The summed E-state index contributed by atoms with van der Waals surface area (Å²) in [5, 5.41) is 7.06. The summed E-state index contributed by atoms with van der Waals surface area (Å²) in [6, 6.07) is 11.6. The van der Waals surface area contributed by atoms with Crippen molar-refractivity contribution in [3.8, 4) is 23.3 Å². The minimum atomic E-state index is 0.247. The Morgan fingerprint density at radius 1 is 1.14 bits per heavy atom. The molecule has 2 aromatic heterocycles. The summed E-state index contributed by atoms with van der Waals surface area (Å²) in [6.07, 6.45) is 1.56. The first-order chi connectivity index (χ1) is 10.2. The van der Waals surface area contributed by atoms with Crippen molar-refractivity contribution >= 4 is 5.82 Å². The SMILES string of the molecule is CNc1cc(Oc2ncn(C)n2)nc(-c2ccccc2)n1. The molecule has 0 aliphatic carbocycles. The van der Waals surface area contributed by atoms with E-state index in [9.17, 15) is 0 Å². The lowest BCUT2D eigenvalue weighted by atomic mass is 10.2. The maximum atomic E-state index is 5.57. The Bertz CT molecular complexity index is 740. The van der Waals surface area contributed by atoms with Gasteiger partial charge < -0.3 is 10.1 Å². The normalized spacial score (nSPS) is 10.4. The van der Waals surface area contributed by atoms with Gasteiger partial charge in [-0.05, 0) is 0 Å². The van der Waals surface area contributed by atoms with Crippen LogP contribution in [0, 0.1) is 0 Å². The van der Waals surface area contributed by atoms with Gasteiger partial charge in [0, 0.05) is 25.7 Å². The molecule has 0 unspecified atom stereocenters. The fourth-order valence-corrected chi connectivity index (χ4v) is 1.78. The Labute approximate surface area is 121 Å². The quantitative estimate of drug-likeness (QED) is 0.789. The van der Waals surface area contributed by atoms with Crippen LogP contribution in [0.15, 0.2) is 42.7 Å². The van der Waals surface area contributed by atoms with Gasteiger partial charge in [-0.15, -0.1) is 5.10 Å². The van der Waals surface area contributed by atoms with E-state index in [1.807, 2.05) is 30.3 Å². The molecule has 0 saturated carbocycles. The molecule has 2 heterocycles. The molecule has 0 atom stereocenters. The van der Waals surface area contributed by atoms with Gasteiger partial charge in [-0.3, -0.25) is 4.68 Å². The van der Waals surface area contributed by atoms with Gasteiger partial charge in [0.1, 0.15) is 12.1 Å². The molecule has 7 heteroatoms. The first-order valence-corrected chi connectivity index (χ1v) is 6.40. The highest BCUT2D eigenvalue weighted by molar-refractivity contribution is 5.58. The van der Waals surface area contributed by atoms with Gasteiger partial charge in [-0.1, -0.05) is 30.3 Å². The number of rotatable bonds is 4. The number of aromatic nitrogens is 5. The van der Waals surface area contributed by atoms with Crippen LogP contribution in [0.25, 0.3) is 11.4 Å². The van der Waals surface area contributed by atoms with E-state index < -0.39 is 0 Å². The molecule has 3 aromatic rings. The van der Waals surface area contributed by atoms with Crippen molar-refractivity contribution in [2.75, 3.05) is 12.4 Å². The van der Waals surface area contributed by atoms with Gasteiger partial charge in [0.25, 0.3) is 0 Å². The van der Waals surface area contributed by atoms with Gasteiger partial charge in [0.2, 0.25) is 5.88 Å². The zero-order valence-corrected chi connectivity index (χ0v) is 11.7. The largest absolute Gasteiger partial charge is 0.404 e. The maximum Gasteiger partial charge on any atom is 0.342 e. The number of nitrogens with one attached hydrogen (secondary N) is 1. The van der Waals surface area contributed by atoms with Crippen molar-refractivity contribution in [2.45, 2.75) is 0 Å². The molecular formula is C14H14N6O. The molecule has 0 fully saturated rings. The number of anilines is 1. The first kappa shape index (κ1) is 13.0. The smallest absolute Gasteiger partial charge is 0.342 e. The number of nitrogens with zero attached hydrogens (tertiary/aromatic N) is 5. The van der Waals surface area contributed by atoms with Crippen molar-refractivity contribution in [1.82, 2.24) is 24.7 Å². The second-order valence-electron chi connectivity index (χ2n) is 4.33.